The number of hydrogen-bond acceptors (Lipinski definition) is 5. The second-order valence-corrected chi connectivity index (χ2v) is 9.63. The predicted molar refractivity (Wildman–Crippen MR) is 118 cm³/mol. The highest BCUT2D eigenvalue weighted by atomic mass is 32.2. The summed E-state index contributed by atoms with van der Waals surface area (Å²) in [6, 6.07) is 11.9. The Morgan fingerprint density at radius 3 is 2.42 bits per heavy atom. The topological polar surface area (TPSA) is 99.5 Å². The number of ether oxygens (including phenoxy) is 1. The van der Waals surface area contributed by atoms with Crippen molar-refractivity contribution in [2.24, 2.45) is 0 Å². The van der Waals surface area contributed by atoms with E-state index in [9.17, 15) is 13.2 Å². The number of aryl methyl sites for hydroxylation is 2. The molecule has 0 saturated carbocycles. The summed E-state index contributed by atoms with van der Waals surface area (Å²) in [6.07, 6.45) is 3.81. The minimum absolute atomic E-state index is 0.219. The molecule has 0 aromatic heterocycles. The van der Waals surface area contributed by atoms with Gasteiger partial charge in [0.05, 0.1) is 16.5 Å². The number of carbonyl (C=O) groups excluding carboxylic acids is 1. The van der Waals surface area contributed by atoms with Crippen LogP contribution in [0.3, 0.4) is 0 Å². The molecule has 8 heteroatoms. The molecule has 1 amide bonds. The number of benzene rings is 2. The molecule has 0 atom stereocenters. The molecule has 164 valence electrons. The first-order valence-corrected chi connectivity index (χ1v) is 11.8. The van der Waals surface area contributed by atoms with E-state index in [2.05, 4.69) is 11.4 Å². The summed E-state index contributed by atoms with van der Waals surface area (Å²) >= 11 is 0. The van der Waals surface area contributed by atoms with Gasteiger partial charge in [-0.25, -0.2) is 8.42 Å². The number of hydrogen-bond donors (Lipinski definition) is 1. The monoisotopic (exact) mass is 441 g/mol. The summed E-state index contributed by atoms with van der Waals surface area (Å²) < 4.78 is 33.4. The van der Waals surface area contributed by atoms with E-state index in [4.69, 9.17) is 10.00 Å². The van der Waals surface area contributed by atoms with Gasteiger partial charge >= 0.3 is 0 Å². The lowest BCUT2D eigenvalue weighted by molar-refractivity contribution is -0.118. The van der Waals surface area contributed by atoms with Gasteiger partial charge in [0, 0.05) is 18.8 Å². The largest absolute Gasteiger partial charge is 0.483 e. The first-order valence-electron chi connectivity index (χ1n) is 10.4. The van der Waals surface area contributed by atoms with E-state index in [0.717, 1.165) is 31.2 Å². The molecule has 3 rings (SSSR count). The quantitative estimate of drug-likeness (QED) is 0.736. The maximum Gasteiger partial charge on any atom is 0.262 e. The fourth-order valence-electron chi connectivity index (χ4n) is 3.60. The van der Waals surface area contributed by atoms with Crippen LogP contribution in [0.5, 0.6) is 5.75 Å². The van der Waals surface area contributed by atoms with Gasteiger partial charge in [-0.1, -0.05) is 18.9 Å². The van der Waals surface area contributed by atoms with Crippen LogP contribution in [0.4, 0.5) is 5.69 Å². The van der Waals surface area contributed by atoms with Gasteiger partial charge in [0.15, 0.2) is 6.61 Å². The SMILES string of the molecule is Cc1cc(C#N)ccc1OCC(=O)Nc1ccc(C)c(S(=O)(=O)N2CCCCCC2)c1. The molecule has 1 saturated heterocycles. The minimum Gasteiger partial charge on any atom is -0.483 e. The van der Waals surface area contributed by atoms with E-state index >= 15 is 0 Å². The second kappa shape index (κ2) is 9.94. The van der Waals surface area contributed by atoms with Gasteiger partial charge in [0.2, 0.25) is 10.0 Å². The molecular formula is C23H27N3O4S. The van der Waals surface area contributed by atoms with Crippen molar-refractivity contribution in [2.75, 3.05) is 25.0 Å². The Kier molecular flexibility index (Phi) is 7.31. The Morgan fingerprint density at radius 1 is 1.06 bits per heavy atom. The summed E-state index contributed by atoms with van der Waals surface area (Å²) in [5.41, 5.74) is 2.33. The lowest BCUT2D eigenvalue weighted by Crippen LogP contribution is -2.32. The Morgan fingerprint density at radius 2 is 1.77 bits per heavy atom. The average molecular weight is 442 g/mol. The van der Waals surface area contributed by atoms with Gasteiger partial charge in [-0.2, -0.15) is 9.57 Å². The average Bonchev–Trinajstić information content (AvgIpc) is 3.04. The number of rotatable bonds is 6. The molecule has 7 nitrogen and oxygen atoms in total. The van der Waals surface area contributed by atoms with Gasteiger partial charge < -0.3 is 10.1 Å². The molecule has 1 heterocycles. The van der Waals surface area contributed by atoms with Crippen molar-refractivity contribution < 1.29 is 17.9 Å². The van der Waals surface area contributed by atoms with Gasteiger partial charge in [0.1, 0.15) is 5.75 Å². The maximum absolute atomic E-state index is 13.2. The summed E-state index contributed by atoms with van der Waals surface area (Å²) in [6.45, 7) is 4.38. The van der Waals surface area contributed by atoms with Gasteiger partial charge in [-0.3, -0.25) is 4.79 Å². The van der Waals surface area contributed by atoms with Crippen molar-refractivity contribution >= 4 is 21.6 Å². The van der Waals surface area contributed by atoms with Gasteiger partial charge in [-0.05, 0) is 68.1 Å². The summed E-state index contributed by atoms with van der Waals surface area (Å²) in [5.74, 6) is 0.119. The number of amides is 1. The zero-order valence-electron chi connectivity index (χ0n) is 17.8. The van der Waals surface area contributed by atoms with Crippen LogP contribution in [0.2, 0.25) is 0 Å². The molecule has 1 N–H and O–H groups in total. The number of nitriles is 1. The third-order valence-corrected chi connectivity index (χ3v) is 7.36. The molecule has 0 spiro atoms. The van der Waals surface area contributed by atoms with Gasteiger partial charge in [0.25, 0.3) is 5.91 Å². The lowest BCUT2D eigenvalue weighted by Gasteiger charge is -2.21. The first-order chi connectivity index (χ1) is 14.8. The second-order valence-electron chi connectivity index (χ2n) is 7.73. The third kappa shape index (κ3) is 5.63. The van der Waals surface area contributed by atoms with E-state index in [1.54, 1.807) is 48.5 Å². The fourth-order valence-corrected chi connectivity index (χ4v) is 5.37. The number of anilines is 1. The molecule has 1 aliphatic rings. The third-order valence-electron chi connectivity index (χ3n) is 5.32. The first kappa shape index (κ1) is 22.8. The van der Waals surface area contributed by atoms with Crippen LogP contribution in [-0.4, -0.2) is 38.3 Å². The van der Waals surface area contributed by atoms with Crippen LogP contribution in [0.15, 0.2) is 41.3 Å². The van der Waals surface area contributed by atoms with Crippen LogP contribution in [-0.2, 0) is 14.8 Å². The van der Waals surface area contributed by atoms with Crippen LogP contribution >= 0.6 is 0 Å². The van der Waals surface area contributed by atoms with Crippen molar-refractivity contribution in [3.8, 4) is 11.8 Å². The van der Waals surface area contributed by atoms with Crippen LogP contribution in [0.25, 0.3) is 0 Å². The lowest BCUT2D eigenvalue weighted by atomic mass is 10.1. The van der Waals surface area contributed by atoms with Crippen LogP contribution in [0.1, 0.15) is 42.4 Å². The predicted octanol–water partition coefficient (Wildman–Crippen LogP) is 3.76. The maximum atomic E-state index is 13.2. The number of nitrogens with one attached hydrogen (secondary N) is 1. The van der Waals surface area contributed by atoms with E-state index < -0.39 is 15.9 Å². The highest BCUT2D eigenvalue weighted by Crippen LogP contribution is 2.26. The van der Waals surface area contributed by atoms with E-state index in [1.807, 2.05) is 0 Å². The fraction of sp³-hybridized carbons (Fsp3) is 0.391. The van der Waals surface area contributed by atoms with Crippen molar-refractivity contribution in [3.63, 3.8) is 0 Å². The normalized spacial score (nSPS) is 15.0. The van der Waals surface area contributed by atoms with E-state index in [-0.39, 0.29) is 11.5 Å². The molecule has 1 aliphatic heterocycles. The molecule has 0 unspecified atom stereocenters. The summed E-state index contributed by atoms with van der Waals surface area (Å²) in [4.78, 5) is 12.6. The molecule has 31 heavy (non-hydrogen) atoms. The smallest absolute Gasteiger partial charge is 0.262 e. The zero-order valence-corrected chi connectivity index (χ0v) is 18.7. The Hall–Kier alpha value is -2.89. The van der Waals surface area contributed by atoms with Crippen molar-refractivity contribution in [1.29, 1.82) is 5.26 Å². The van der Waals surface area contributed by atoms with E-state index in [0.29, 0.717) is 35.7 Å². The van der Waals surface area contributed by atoms with Crippen LogP contribution < -0.4 is 10.1 Å². The van der Waals surface area contributed by atoms with Crippen LogP contribution in [0, 0.1) is 25.2 Å². The standard InChI is InChI=1S/C23H27N3O4S/c1-17-7-9-20(14-22(17)31(28,29)26-11-5-3-4-6-12-26)25-23(27)16-30-21-10-8-19(15-24)13-18(21)2/h7-10,13-14H,3-6,11-12,16H2,1-2H3,(H,25,27). The van der Waals surface area contributed by atoms with Gasteiger partial charge in [-0.15, -0.1) is 0 Å². The molecule has 2 aromatic rings. The van der Waals surface area contributed by atoms with Crippen molar-refractivity contribution in [3.05, 3.63) is 53.1 Å². The zero-order chi connectivity index (χ0) is 22.4. The molecule has 1 fully saturated rings. The molecule has 2 aromatic carbocycles. The van der Waals surface area contributed by atoms with Crippen molar-refractivity contribution in [1.82, 2.24) is 4.31 Å². The highest BCUT2D eigenvalue weighted by molar-refractivity contribution is 7.89. The number of sulfonamides is 1. The van der Waals surface area contributed by atoms with Crippen molar-refractivity contribution in [2.45, 2.75) is 44.4 Å². The Bertz CT molecular complexity index is 1100. The highest BCUT2D eigenvalue weighted by Gasteiger charge is 2.27. The molecular weight excluding hydrogens is 414 g/mol. The van der Waals surface area contributed by atoms with E-state index in [1.165, 1.54) is 6.07 Å². The Balaban J connectivity index is 1.70. The number of nitrogens with zero attached hydrogens (tertiary/aromatic N) is 2. The minimum atomic E-state index is -3.62. The number of carbonyl (C=O) groups is 1. The Labute approximate surface area is 183 Å². The summed E-state index contributed by atoms with van der Waals surface area (Å²) in [7, 11) is -3.62. The molecule has 0 radical (unpaired) electrons. The summed E-state index contributed by atoms with van der Waals surface area (Å²) in [5, 5.41) is 11.6. The molecule has 0 aliphatic carbocycles. The molecule has 0 bridgehead atoms.